The number of hydrogen-bond donors (Lipinski definition) is 2. The van der Waals surface area contributed by atoms with Crippen molar-refractivity contribution in [2.24, 2.45) is 0 Å². The Balaban J connectivity index is 1.92. The van der Waals surface area contributed by atoms with Gasteiger partial charge in [-0.1, -0.05) is 0 Å². The van der Waals surface area contributed by atoms with E-state index in [-0.39, 0.29) is 28.1 Å². The van der Waals surface area contributed by atoms with Crippen molar-refractivity contribution in [2.45, 2.75) is 17.9 Å². The molecule has 0 aliphatic rings. The molecule has 11 heteroatoms. The third-order valence-electron chi connectivity index (χ3n) is 4.18. The Bertz CT molecular complexity index is 1200. The van der Waals surface area contributed by atoms with E-state index in [0.29, 0.717) is 18.2 Å². The molecule has 0 bridgehead atoms. The van der Waals surface area contributed by atoms with Gasteiger partial charge in [0.2, 0.25) is 0 Å². The molecule has 1 heterocycles. The zero-order valence-electron chi connectivity index (χ0n) is 17.6. The van der Waals surface area contributed by atoms with Gasteiger partial charge in [0.15, 0.2) is 27.2 Å². The first-order chi connectivity index (χ1) is 15.2. The maximum Gasteiger partial charge on any atom is 0.257 e. The minimum Gasteiger partial charge on any atom is -0.488 e. The number of carbonyl (C=O) groups excluding carboxylic acids is 1. The lowest BCUT2D eigenvalue weighted by Crippen LogP contribution is -2.18. The quantitative estimate of drug-likeness (QED) is 0.499. The van der Waals surface area contributed by atoms with Crippen molar-refractivity contribution >= 4 is 21.6 Å². The van der Waals surface area contributed by atoms with Crippen LogP contribution in [0.25, 0.3) is 0 Å². The van der Waals surface area contributed by atoms with Crippen LogP contribution in [0.2, 0.25) is 0 Å². The van der Waals surface area contributed by atoms with E-state index in [9.17, 15) is 17.6 Å². The number of amides is 1. The number of methoxy groups -OCH3 is 1. The first kappa shape index (κ1) is 23.2. The van der Waals surface area contributed by atoms with E-state index < -0.39 is 21.6 Å². The van der Waals surface area contributed by atoms with Gasteiger partial charge in [-0.05, 0) is 37.3 Å². The molecule has 3 aromatic rings. The zero-order valence-corrected chi connectivity index (χ0v) is 18.4. The molecule has 32 heavy (non-hydrogen) atoms. The molecule has 1 amide bonds. The van der Waals surface area contributed by atoms with Crippen molar-refractivity contribution in [3.63, 3.8) is 0 Å². The van der Waals surface area contributed by atoms with Gasteiger partial charge in [-0.3, -0.25) is 9.89 Å². The first-order valence-corrected chi connectivity index (χ1v) is 11.3. The molecular formula is C21H22FN3O6S. The molecule has 170 valence electrons. The molecule has 0 aliphatic heterocycles. The van der Waals surface area contributed by atoms with Gasteiger partial charge in [-0.25, -0.2) is 12.8 Å². The highest BCUT2D eigenvalue weighted by atomic mass is 32.2. The number of rotatable bonds is 9. The van der Waals surface area contributed by atoms with Crippen LogP contribution in [0.15, 0.2) is 53.6 Å². The van der Waals surface area contributed by atoms with Gasteiger partial charge in [0.05, 0.1) is 11.5 Å². The Morgan fingerprint density at radius 3 is 2.56 bits per heavy atom. The number of ether oxygens (including phenoxy) is 3. The Hall–Kier alpha value is -3.44. The zero-order chi connectivity index (χ0) is 23.3. The van der Waals surface area contributed by atoms with E-state index in [0.717, 1.165) is 12.3 Å². The molecule has 0 unspecified atom stereocenters. The molecule has 2 N–H and O–H groups in total. The Labute approximate surface area is 184 Å². The molecule has 1 atom stereocenters. The summed E-state index contributed by atoms with van der Waals surface area (Å²) in [6.45, 7) is 2.09. The van der Waals surface area contributed by atoms with Crippen LogP contribution in [0.1, 0.15) is 17.3 Å². The summed E-state index contributed by atoms with van der Waals surface area (Å²) in [6, 6.07) is 9.29. The van der Waals surface area contributed by atoms with Crippen LogP contribution in [-0.4, -0.2) is 50.6 Å². The second kappa shape index (κ2) is 9.79. The van der Waals surface area contributed by atoms with Gasteiger partial charge >= 0.3 is 0 Å². The lowest BCUT2D eigenvalue weighted by atomic mass is 10.2. The smallest absolute Gasteiger partial charge is 0.257 e. The molecular weight excluding hydrogens is 441 g/mol. The van der Waals surface area contributed by atoms with Crippen molar-refractivity contribution in [3.05, 3.63) is 60.0 Å². The van der Waals surface area contributed by atoms with E-state index in [1.807, 2.05) is 0 Å². The number of anilines is 1. The number of H-pyrrole nitrogens is 1. The van der Waals surface area contributed by atoms with Gasteiger partial charge in [0, 0.05) is 37.3 Å². The van der Waals surface area contributed by atoms with Gasteiger partial charge < -0.3 is 19.5 Å². The average Bonchev–Trinajstić information content (AvgIpc) is 3.21. The highest BCUT2D eigenvalue weighted by Crippen LogP contribution is 2.31. The number of halogens is 1. The number of nitrogens with zero attached hydrogens (tertiary/aromatic N) is 1. The number of aromatic nitrogens is 2. The van der Waals surface area contributed by atoms with Gasteiger partial charge in [0.25, 0.3) is 5.91 Å². The molecule has 0 saturated heterocycles. The Morgan fingerprint density at radius 1 is 1.19 bits per heavy atom. The van der Waals surface area contributed by atoms with Crippen LogP contribution >= 0.6 is 0 Å². The predicted octanol–water partition coefficient (Wildman–Crippen LogP) is 3.41. The van der Waals surface area contributed by atoms with E-state index in [1.54, 1.807) is 19.2 Å². The van der Waals surface area contributed by atoms with Gasteiger partial charge in [-0.2, -0.15) is 5.10 Å². The van der Waals surface area contributed by atoms with Crippen molar-refractivity contribution < 1.29 is 31.8 Å². The van der Waals surface area contributed by atoms with Crippen LogP contribution in [0, 0.1) is 5.82 Å². The van der Waals surface area contributed by atoms with Crippen LogP contribution in [0.3, 0.4) is 0 Å². The number of sulfone groups is 1. The monoisotopic (exact) mass is 463 g/mol. The van der Waals surface area contributed by atoms with Gasteiger partial charge in [-0.15, -0.1) is 0 Å². The maximum absolute atomic E-state index is 14.5. The minimum atomic E-state index is -3.57. The summed E-state index contributed by atoms with van der Waals surface area (Å²) in [4.78, 5) is 12.5. The van der Waals surface area contributed by atoms with Crippen LogP contribution in [-0.2, 0) is 14.6 Å². The van der Waals surface area contributed by atoms with E-state index in [2.05, 4.69) is 15.5 Å². The fourth-order valence-electron chi connectivity index (χ4n) is 2.77. The number of benzene rings is 2. The largest absolute Gasteiger partial charge is 0.488 e. The molecule has 0 fully saturated rings. The van der Waals surface area contributed by atoms with E-state index in [4.69, 9.17) is 14.2 Å². The molecule has 0 aliphatic carbocycles. The fraction of sp³-hybridized carbons (Fsp3) is 0.238. The molecule has 1 aromatic heterocycles. The van der Waals surface area contributed by atoms with Crippen LogP contribution in [0.4, 0.5) is 10.2 Å². The van der Waals surface area contributed by atoms with E-state index in [1.165, 1.54) is 37.4 Å². The standard InChI is InChI=1S/C21H22FN3O6S/c1-13(12-29-2)30-15-8-14(21(26)24-20-6-7-23-25-20)9-16(10-15)31-19-5-4-17(11-18(19)22)32(3,27)28/h4-11,13H,12H2,1-3H3,(H2,23,24,25,26)/t13-/m0/s1. The minimum absolute atomic E-state index is 0.116. The van der Waals surface area contributed by atoms with Crippen molar-refractivity contribution in [3.8, 4) is 17.2 Å². The molecule has 3 rings (SSSR count). The lowest BCUT2D eigenvalue weighted by Gasteiger charge is -2.16. The molecule has 9 nitrogen and oxygen atoms in total. The first-order valence-electron chi connectivity index (χ1n) is 9.45. The summed E-state index contributed by atoms with van der Waals surface area (Å²) >= 11 is 0. The van der Waals surface area contributed by atoms with Crippen LogP contribution in [0.5, 0.6) is 17.2 Å². The van der Waals surface area contributed by atoms with Crippen LogP contribution < -0.4 is 14.8 Å². The van der Waals surface area contributed by atoms with Gasteiger partial charge in [0.1, 0.15) is 17.6 Å². The molecule has 0 saturated carbocycles. The second-order valence-electron chi connectivity index (χ2n) is 6.96. The number of carbonyl (C=O) groups is 1. The van der Waals surface area contributed by atoms with Crippen molar-refractivity contribution in [1.29, 1.82) is 0 Å². The average molecular weight is 463 g/mol. The summed E-state index contributed by atoms with van der Waals surface area (Å²) in [7, 11) is -2.04. The normalized spacial score (nSPS) is 12.2. The number of aromatic amines is 1. The topological polar surface area (TPSA) is 120 Å². The molecule has 2 aromatic carbocycles. The number of hydrogen-bond acceptors (Lipinski definition) is 7. The lowest BCUT2D eigenvalue weighted by molar-refractivity contribution is 0.0915. The van der Waals surface area contributed by atoms with E-state index >= 15 is 0 Å². The third kappa shape index (κ3) is 6.05. The Morgan fingerprint density at radius 2 is 1.94 bits per heavy atom. The number of nitrogens with one attached hydrogen (secondary N) is 2. The summed E-state index contributed by atoms with van der Waals surface area (Å²) in [5.41, 5.74) is 0.179. The van der Waals surface area contributed by atoms with Crippen molar-refractivity contribution in [2.75, 3.05) is 25.3 Å². The summed E-state index contributed by atoms with van der Waals surface area (Å²) in [6.07, 6.45) is 2.21. The fourth-order valence-corrected chi connectivity index (χ4v) is 3.40. The highest BCUT2D eigenvalue weighted by Gasteiger charge is 2.16. The SMILES string of the molecule is COC[C@H](C)Oc1cc(Oc2ccc(S(C)(=O)=O)cc2F)cc(C(=O)Nc2cc[nH]n2)c1. The molecule has 0 spiro atoms. The maximum atomic E-state index is 14.5. The third-order valence-corrected chi connectivity index (χ3v) is 5.29. The van der Waals surface area contributed by atoms with Crippen molar-refractivity contribution in [1.82, 2.24) is 10.2 Å². The summed E-state index contributed by atoms with van der Waals surface area (Å²) in [5.74, 6) is -0.830. The second-order valence-corrected chi connectivity index (χ2v) is 8.97. The predicted molar refractivity (Wildman–Crippen MR) is 115 cm³/mol. The highest BCUT2D eigenvalue weighted by molar-refractivity contribution is 7.90. The summed E-state index contributed by atoms with van der Waals surface area (Å²) < 4.78 is 54.1. The summed E-state index contributed by atoms with van der Waals surface area (Å²) in [5, 5.41) is 9.08. The Kier molecular flexibility index (Phi) is 7.11. The molecule has 0 radical (unpaired) electrons.